The largest absolute Gasteiger partial charge is 0.456 e. The monoisotopic (exact) mass is 274 g/mol. The Morgan fingerprint density at radius 1 is 1.21 bits per heavy atom. The Morgan fingerprint density at radius 3 is 2.68 bits per heavy atom. The van der Waals surface area contributed by atoms with E-state index in [4.69, 9.17) is 16.3 Å². The molecule has 0 radical (unpaired) electrons. The number of aryl methyl sites for hydroxylation is 1. The van der Waals surface area contributed by atoms with Crippen molar-refractivity contribution in [2.24, 2.45) is 0 Å². The normalized spacial score (nSPS) is 10.3. The molecule has 2 nitrogen and oxygen atoms in total. The first-order valence-corrected chi connectivity index (χ1v) is 6.55. The van der Waals surface area contributed by atoms with Crippen molar-refractivity contribution in [1.29, 1.82) is 0 Å². The van der Waals surface area contributed by atoms with Crippen LogP contribution in [-0.4, -0.2) is 5.78 Å². The average Bonchev–Trinajstić information content (AvgIpc) is 2.41. The molecule has 98 valence electrons. The summed E-state index contributed by atoms with van der Waals surface area (Å²) in [7, 11) is 0. The van der Waals surface area contributed by atoms with Crippen molar-refractivity contribution < 1.29 is 9.53 Å². The Balaban J connectivity index is 2.26. The van der Waals surface area contributed by atoms with Gasteiger partial charge in [0.1, 0.15) is 11.5 Å². The lowest BCUT2D eigenvalue weighted by Gasteiger charge is -2.09. The van der Waals surface area contributed by atoms with Crippen molar-refractivity contribution in [3.05, 3.63) is 58.6 Å². The standard InChI is InChI=1S/C16H15ClO2/c1-3-15(18)12-5-4-6-13(10-12)19-16-8-7-11(2)9-14(16)17/h4-10H,3H2,1-2H3. The van der Waals surface area contributed by atoms with Gasteiger partial charge in [0.25, 0.3) is 0 Å². The van der Waals surface area contributed by atoms with Crippen molar-refractivity contribution in [3.8, 4) is 11.5 Å². The SMILES string of the molecule is CCC(=O)c1cccc(Oc2ccc(C)cc2Cl)c1. The van der Waals surface area contributed by atoms with E-state index in [2.05, 4.69) is 0 Å². The Hall–Kier alpha value is -1.80. The van der Waals surface area contributed by atoms with E-state index >= 15 is 0 Å². The number of hydrogen-bond acceptors (Lipinski definition) is 2. The molecule has 2 rings (SSSR count). The zero-order valence-corrected chi connectivity index (χ0v) is 11.7. The summed E-state index contributed by atoms with van der Waals surface area (Å²) >= 11 is 6.12. The van der Waals surface area contributed by atoms with Crippen molar-refractivity contribution in [1.82, 2.24) is 0 Å². The first-order chi connectivity index (χ1) is 9.10. The molecule has 2 aromatic carbocycles. The van der Waals surface area contributed by atoms with Gasteiger partial charge in [-0.25, -0.2) is 0 Å². The van der Waals surface area contributed by atoms with Gasteiger partial charge < -0.3 is 4.74 Å². The quantitative estimate of drug-likeness (QED) is 0.731. The number of ether oxygens (including phenoxy) is 1. The van der Waals surface area contributed by atoms with E-state index in [1.54, 1.807) is 18.2 Å². The molecule has 0 aliphatic carbocycles. The van der Waals surface area contributed by atoms with Gasteiger partial charge in [-0.3, -0.25) is 4.79 Å². The second-order valence-electron chi connectivity index (χ2n) is 4.34. The fraction of sp³-hybridized carbons (Fsp3) is 0.188. The summed E-state index contributed by atoms with van der Waals surface area (Å²) in [4.78, 5) is 11.6. The molecular formula is C16H15ClO2. The smallest absolute Gasteiger partial charge is 0.162 e. The molecule has 0 saturated heterocycles. The van der Waals surface area contributed by atoms with E-state index in [-0.39, 0.29) is 5.78 Å². The molecule has 0 aliphatic heterocycles. The molecule has 0 aromatic heterocycles. The van der Waals surface area contributed by atoms with Gasteiger partial charge >= 0.3 is 0 Å². The van der Waals surface area contributed by atoms with Gasteiger partial charge in [0, 0.05) is 12.0 Å². The summed E-state index contributed by atoms with van der Waals surface area (Å²) in [6.45, 7) is 3.81. The predicted octanol–water partition coefficient (Wildman–Crippen LogP) is 5.03. The lowest BCUT2D eigenvalue weighted by Crippen LogP contribution is -1.96. The summed E-state index contributed by atoms with van der Waals surface area (Å²) < 4.78 is 5.72. The predicted molar refractivity (Wildman–Crippen MR) is 77.3 cm³/mol. The molecule has 0 N–H and O–H groups in total. The van der Waals surface area contributed by atoms with Crippen LogP contribution >= 0.6 is 11.6 Å². The molecule has 0 spiro atoms. The maximum atomic E-state index is 11.6. The van der Waals surface area contributed by atoms with E-state index in [1.807, 2.05) is 38.1 Å². The minimum Gasteiger partial charge on any atom is -0.456 e. The number of rotatable bonds is 4. The van der Waals surface area contributed by atoms with Crippen LogP contribution in [0, 0.1) is 6.92 Å². The van der Waals surface area contributed by atoms with E-state index in [0.717, 1.165) is 5.56 Å². The van der Waals surface area contributed by atoms with Gasteiger partial charge in [-0.1, -0.05) is 36.7 Å². The zero-order chi connectivity index (χ0) is 13.8. The van der Waals surface area contributed by atoms with E-state index < -0.39 is 0 Å². The Kier molecular flexibility index (Phi) is 4.23. The molecule has 2 aromatic rings. The highest BCUT2D eigenvalue weighted by atomic mass is 35.5. The molecule has 0 saturated carbocycles. The number of halogens is 1. The summed E-state index contributed by atoms with van der Waals surface area (Å²) in [5.74, 6) is 1.30. The molecular weight excluding hydrogens is 260 g/mol. The lowest BCUT2D eigenvalue weighted by molar-refractivity contribution is 0.0988. The van der Waals surface area contributed by atoms with Crippen molar-refractivity contribution >= 4 is 17.4 Å². The molecule has 0 heterocycles. The second-order valence-corrected chi connectivity index (χ2v) is 4.75. The summed E-state index contributed by atoms with van der Waals surface area (Å²) in [5, 5.41) is 0.562. The molecule has 19 heavy (non-hydrogen) atoms. The lowest BCUT2D eigenvalue weighted by atomic mass is 10.1. The van der Waals surface area contributed by atoms with Crippen molar-refractivity contribution in [2.45, 2.75) is 20.3 Å². The van der Waals surface area contributed by atoms with Crippen LogP contribution in [0.5, 0.6) is 11.5 Å². The molecule has 0 atom stereocenters. The molecule has 0 bridgehead atoms. The fourth-order valence-corrected chi connectivity index (χ4v) is 2.03. The van der Waals surface area contributed by atoms with Gasteiger partial charge in [0.05, 0.1) is 5.02 Å². The zero-order valence-electron chi connectivity index (χ0n) is 10.9. The van der Waals surface area contributed by atoms with Crippen LogP contribution in [0.1, 0.15) is 29.3 Å². The maximum absolute atomic E-state index is 11.6. The number of benzene rings is 2. The van der Waals surface area contributed by atoms with Gasteiger partial charge in [-0.2, -0.15) is 0 Å². The van der Waals surface area contributed by atoms with Gasteiger partial charge in [0.2, 0.25) is 0 Å². The average molecular weight is 275 g/mol. The van der Waals surface area contributed by atoms with Gasteiger partial charge in [-0.05, 0) is 36.8 Å². The number of carbonyl (C=O) groups is 1. The van der Waals surface area contributed by atoms with Crippen LogP contribution in [0.15, 0.2) is 42.5 Å². The van der Waals surface area contributed by atoms with Crippen LogP contribution < -0.4 is 4.74 Å². The summed E-state index contributed by atoms with van der Waals surface area (Å²) in [6, 6.07) is 12.7. The third-order valence-corrected chi connectivity index (χ3v) is 3.09. The Morgan fingerprint density at radius 2 is 2.00 bits per heavy atom. The topological polar surface area (TPSA) is 26.3 Å². The van der Waals surface area contributed by atoms with E-state index in [1.165, 1.54) is 0 Å². The number of ketones is 1. The minimum atomic E-state index is 0.0976. The first-order valence-electron chi connectivity index (χ1n) is 6.17. The third kappa shape index (κ3) is 3.36. The van der Waals surface area contributed by atoms with E-state index in [0.29, 0.717) is 28.5 Å². The number of carbonyl (C=O) groups excluding carboxylic acids is 1. The van der Waals surface area contributed by atoms with Crippen molar-refractivity contribution in [2.75, 3.05) is 0 Å². The first kappa shape index (κ1) is 13.6. The van der Waals surface area contributed by atoms with Gasteiger partial charge in [0.15, 0.2) is 5.78 Å². The maximum Gasteiger partial charge on any atom is 0.162 e. The molecule has 3 heteroatoms. The fourth-order valence-electron chi connectivity index (χ4n) is 1.75. The Labute approximate surface area is 118 Å². The van der Waals surface area contributed by atoms with Crippen molar-refractivity contribution in [3.63, 3.8) is 0 Å². The van der Waals surface area contributed by atoms with Crippen LogP contribution in [0.3, 0.4) is 0 Å². The number of hydrogen-bond donors (Lipinski definition) is 0. The highest BCUT2D eigenvalue weighted by Gasteiger charge is 2.07. The van der Waals surface area contributed by atoms with Gasteiger partial charge in [-0.15, -0.1) is 0 Å². The molecule has 0 fully saturated rings. The Bertz CT molecular complexity index is 605. The van der Waals surface area contributed by atoms with E-state index in [9.17, 15) is 4.79 Å². The van der Waals surface area contributed by atoms with Crippen LogP contribution in [-0.2, 0) is 0 Å². The minimum absolute atomic E-state index is 0.0976. The van der Waals surface area contributed by atoms with Crippen LogP contribution in [0.25, 0.3) is 0 Å². The molecule has 0 aliphatic rings. The third-order valence-electron chi connectivity index (χ3n) is 2.79. The van der Waals surface area contributed by atoms with Crippen LogP contribution in [0.4, 0.5) is 0 Å². The summed E-state index contributed by atoms with van der Waals surface area (Å²) in [6.07, 6.45) is 0.481. The molecule has 0 amide bonds. The highest BCUT2D eigenvalue weighted by molar-refractivity contribution is 6.32. The summed E-state index contributed by atoms with van der Waals surface area (Å²) in [5.41, 5.74) is 1.73. The van der Waals surface area contributed by atoms with Crippen LogP contribution in [0.2, 0.25) is 5.02 Å². The molecule has 0 unspecified atom stereocenters. The number of Topliss-reactive ketones (excluding diaryl/α,β-unsaturated/α-hetero) is 1. The highest BCUT2D eigenvalue weighted by Crippen LogP contribution is 2.30. The second kappa shape index (κ2) is 5.89.